The fraction of sp³-hybridized carbons (Fsp3) is 0.381. The van der Waals surface area contributed by atoms with Gasteiger partial charge in [-0.1, -0.05) is 37.5 Å². The van der Waals surface area contributed by atoms with Crippen LogP contribution in [0.25, 0.3) is 0 Å². The van der Waals surface area contributed by atoms with Gasteiger partial charge in [0.05, 0.1) is 10.6 Å². The van der Waals surface area contributed by atoms with Crippen LogP contribution in [0, 0.1) is 12.8 Å². The van der Waals surface area contributed by atoms with Gasteiger partial charge in [-0.15, -0.1) is 0 Å². The fourth-order valence-electron chi connectivity index (χ4n) is 3.41. The van der Waals surface area contributed by atoms with Gasteiger partial charge in [-0.05, 0) is 61.6 Å². The van der Waals surface area contributed by atoms with Crippen molar-refractivity contribution in [2.75, 3.05) is 11.3 Å². The number of rotatable bonds is 6. The molecule has 1 amide bonds. The second-order valence-corrected chi connectivity index (χ2v) is 8.84. The van der Waals surface area contributed by atoms with Crippen LogP contribution in [0.1, 0.15) is 48.0 Å². The van der Waals surface area contributed by atoms with Crippen LogP contribution in [0.5, 0.6) is 0 Å². The Balaban J connectivity index is 1.63. The Bertz CT molecular complexity index is 886. The first-order valence-electron chi connectivity index (χ1n) is 9.42. The van der Waals surface area contributed by atoms with Gasteiger partial charge in [0.15, 0.2) is 0 Å². The highest BCUT2D eigenvalue weighted by atomic mass is 32.2. The molecule has 0 saturated heterocycles. The van der Waals surface area contributed by atoms with E-state index in [-0.39, 0.29) is 10.8 Å². The summed E-state index contributed by atoms with van der Waals surface area (Å²) >= 11 is 0. The largest absolute Gasteiger partial charge is 0.352 e. The van der Waals surface area contributed by atoms with E-state index in [0.29, 0.717) is 23.7 Å². The summed E-state index contributed by atoms with van der Waals surface area (Å²) in [7, 11) is -3.69. The van der Waals surface area contributed by atoms with Crippen LogP contribution in [0.2, 0.25) is 0 Å². The number of aryl methyl sites for hydroxylation is 1. The molecule has 144 valence electrons. The Morgan fingerprint density at radius 2 is 1.67 bits per heavy atom. The zero-order valence-electron chi connectivity index (χ0n) is 15.6. The quantitative estimate of drug-likeness (QED) is 0.785. The van der Waals surface area contributed by atoms with E-state index in [0.717, 1.165) is 5.56 Å². The van der Waals surface area contributed by atoms with Crippen molar-refractivity contribution in [1.29, 1.82) is 0 Å². The van der Waals surface area contributed by atoms with Gasteiger partial charge in [0.2, 0.25) is 0 Å². The molecule has 0 aliphatic heterocycles. The molecule has 1 fully saturated rings. The lowest BCUT2D eigenvalue weighted by Crippen LogP contribution is -2.30. The van der Waals surface area contributed by atoms with Crippen LogP contribution >= 0.6 is 0 Å². The standard InChI is InChI=1S/C21H26N2O3S/c1-16-7-5-6-10-20(16)23-27(25,26)19-13-11-18(12-14-19)21(24)22-15-17-8-3-2-4-9-17/h5-7,10-14,17,23H,2-4,8-9,15H2,1H3,(H,22,24). The molecule has 2 aromatic rings. The van der Waals surface area contributed by atoms with Crippen LogP contribution in [-0.4, -0.2) is 20.9 Å². The molecule has 3 rings (SSSR count). The second-order valence-electron chi connectivity index (χ2n) is 7.16. The van der Waals surface area contributed by atoms with Crippen molar-refractivity contribution in [2.24, 2.45) is 5.92 Å². The van der Waals surface area contributed by atoms with Gasteiger partial charge < -0.3 is 5.32 Å². The number of carbonyl (C=O) groups excluding carboxylic acids is 1. The second kappa shape index (κ2) is 8.57. The van der Waals surface area contributed by atoms with E-state index in [4.69, 9.17) is 0 Å². The van der Waals surface area contributed by atoms with Gasteiger partial charge in [0.25, 0.3) is 15.9 Å². The zero-order chi connectivity index (χ0) is 19.3. The predicted molar refractivity (Wildman–Crippen MR) is 107 cm³/mol. The van der Waals surface area contributed by atoms with Crippen LogP contribution in [0.4, 0.5) is 5.69 Å². The lowest BCUT2D eigenvalue weighted by atomic mass is 9.89. The van der Waals surface area contributed by atoms with Crippen molar-refractivity contribution in [3.63, 3.8) is 0 Å². The van der Waals surface area contributed by atoms with Crippen molar-refractivity contribution in [1.82, 2.24) is 5.32 Å². The third-order valence-corrected chi connectivity index (χ3v) is 6.47. The Hall–Kier alpha value is -2.34. The number of amides is 1. The lowest BCUT2D eigenvalue weighted by Gasteiger charge is -2.21. The Morgan fingerprint density at radius 3 is 2.33 bits per heavy atom. The monoisotopic (exact) mass is 386 g/mol. The van der Waals surface area contributed by atoms with Crippen LogP contribution in [0.3, 0.4) is 0 Å². The molecular formula is C21H26N2O3S. The molecule has 1 saturated carbocycles. The molecule has 1 aliphatic rings. The Kier molecular flexibility index (Phi) is 6.16. The summed E-state index contributed by atoms with van der Waals surface area (Å²) in [5.41, 5.74) is 1.87. The number of benzene rings is 2. The number of anilines is 1. The molecular weight excluding hydrogens is 360 g/mol. The van der Waals surface area contributed by atoms with Gasteiger partial charge in [-0.25, -0.2) is 8.42 Å². The average molecular weight is 387 g/mol. The molecule has 0 atom stereocenters. The molecule has 27 heavy (non-hydrogen) atoms. The molecule has 2 N–H and O–H groups in total. The van der Waals surface area contributed by atoms with Crippen molar-refractivity contribution < 1.29 is 13.2 Å². The summed E-state index contributed by atoms with van der Waals surface area (Å²) in [5.74, 6) is 0.400. The summed E-state index contributed by atoms with van der Waals surface area (Å²) < 4.78 is 27.7. The van der Waals surface area contributed by atoms with E-state index >= 15 is 0 Å². The minimum absolute atomic E-state index is 0.134. The molecule has 2 aromatic carbocycles. The number of para-hydroxylation sites is 1. The van der Waals surface area contributed by atoms with E-state index in [1.54, 1.807) is 24.3 Å². The highest BCUT2D eigenvalue weighted by Gasteiger charge is 2.17. The molecule has 1 aliphatic carbocycles. The molecule has 6 heteroatoms. The normalized spacial score (nSPS) is 15.3. The van der Waals surface area contributed by atoms with E-state index in [1.165, 1.54) is 44.2 Å². The first kappa shape index (κ1) is 19.4. The number of hydrogen-bond acceptors (Lipinski definition) is 3. The van der Waals surface area contributed by atoms with Crippen molar-refractivity contribution >= 4 is 21.6 Å². The maximum atomic E-state index is 12.6. The topological polar surface area (TPSA) is 75.3 Å². The lowest BCUT2D eigenvalue weighted by molar-refractivity contribution is 0.0943. The van der Waals surface area contributed by atoms with Gasteiger partial charge in [-0.3, -0.25) is 9.52 Å². The number of sulfonamides is 1. The van der Waals surface area contributed by atoms with Crippen molar-refractivity contribution in [3.05, 3.63) is 59.7 Å². The number of carbonyl (C=O) groups is 1. The molecule has 0 heterocycles. The highest BCUT2D eigenvalue weighted by molar-refractivity contribution is 7.92. The SMILES string of the molecule is Cc1ccccc1NS(=O)(=O)c1ccc(C(=O)NCC2CCCCC2)cc1. The van der Waals surface area contributed by atoms with Gasteiger partial charge in [0, 0.05) is 12.1 Å². The van der Waals surface area contributed by atoms with E-state index in [1.807, 2.05) is 19.1 Å². The summed E-state index contributed by atoms with van der Waals surface area (Å²) in [5, 5.41) is 2.97. The van der Waals surface area contributed by atoms with Gasteiger partial charge >= 0.3 is 0 Å². The summed E-state index contributed by atoms with van der Waals surface area (Å²) in [6.07, 6.45) is 6.10. The Morgan fingerprint density at radius 1 is 1.00 bits per heavy atom. The maximum absolute atomic E-state index is 12.6. The average Bonchev–Trinajstić information content (AvgIpc) is 2.69. The van der Waals surface area contributed by atoms with E-state index < -0.39 is 10.0 Å². The molecule has 0 spiro atoms. The first-order chi connectivity index (χ1) is 13.0. The van der Waals surface area contributed by atoms with Crippen LogP contribution < -0.4 is 10.0 Å². The third-order valence-electron chi connectivity index (χ3n) is 5.09. The Labute approximate surface area is 161 Å². The molecule has 5 nitrogen and oxygen atoms in total. The van der Waals surface area contributed by atoms with Crippen LogP contribution in [-0.2, 0) is 10.0 Å². The molecule has 0 aromatic heterocycles. The van der Waals surface area contributed by atoms with E-state index in [2.05, 4.69) is 10.0 Å². The molecule has 0 radical (unpaired) electrons. The van der Waals surface area contributed by atoms with E-state index in [9.17, 15) is 13.2 Å². The first-order valence-corrected chi connectivity index (χ1v) is 10.9. The molecule has 0 unspecified atom stereocenters. The summed E-state index contributed by atoms with van der Waals surface area (Å²) in [6.45, 7) is 2.53. The third kappa shape index (κ3) is 5.10. The maximum Gasteiger partial charge on any atom is 0.261 e. The number of hydrogen-bond donors (Lipinski definition) is 2. The number of nitrogens with one attached hydrogen (secondary N) is 2. The van der Waals surface area contributed by atoms with Gasteiger partial charge in [0.1, 0.15) is 0 Å². The fourth-order valence-corrected chi connectivity index (χ4v) is 4.54. The minimum atomic E-state index is -3.69. The van der Waals surface area contributed by atoms with Gasteiger partial charge in [-0.2, -0.15) is 0 Å². The minimum Gasteiger partial charge on any atom is -0.352 e. The van der Waals surface area contributed by atoms with Crippen molar-refractivity contribution in [2.45, 2.75) is 43.9 Å². The predicted octanol–water partition coefficient (Wildman–Crippen LogP) is 4.11. The smallest absolute Gasteiger partial charge is 0.261 e. The summed E-state index contributed by atoms with van der Waals surface area (Å²) in [4.78, 5) is 12.4. The van der Waals surface area contributed by atoms with Crippen LogP contribution in [0.15, 0.2) is 53.4 Å². The molecule has 0 bridgehead atoms. The van der Waals surface area contributed by atoms with Crippen molar-refractivity contribution in [3.8, 4) is 0 Å². The summed E-state index contributed by atoms with van der Waals surface area (Å²) in [6, 6.07) is 13.3. The highest BCUT2D eigenvalue weighted by Crippen LogP contribution is 2.23. The zero-order valence-corrected chi connectivity index (χ0v) is 16.4.